The summed E-state index contributed by atoms with van der Waals surface area (Å²) in [5.74, 6) is -2.81. The fourth-order valence-electron chi connectivity index (χ4n) is 11.8. The number of nitrogens with zero attached hydrogens (tertiary/aromatic N) is 8. The molecule has 6 N–H and O–H groups in total. The summed E-state index contributed by atoms with van der Waals surface area (Å²) in [5, 5.41) is 76.9. The van der Waals surface area contributed by atoms with Gasteiger partial charge in [-0.15, -0.1) is 10.2 Å². The summed E-state index contributed by atoms with van der Waals surface area (Å²) in [4.78, 5) is 18.5. The summed E-state index contributed by atoms with van der Waals surface area (Å²) in [6.07, 6.45) is -1.15. The van der Waals surface area contributed by atoms with E-state index in [9.17, 15) is 38.7 Å². The molecule has 2 aromatic heterocycles. The second-order valence-corrected chi connectivity index (χ2v) is 25.6. The minimum atomic E-state index is -3.34. The number of sulfonamides is 1. The third kappa shape index (κ3) is 16.6. The molecule has 79 heavy (non-hydrogen) atoms. The molecule has 448 valence electrons. The smallest absolute Gasteiger partial charge is 0.311 e. The number of methoxy groups -OCH3 is 1. The molecule has 3 aromatic rings. The molecule has 0 saturated carbocycles. The van der Waals surface area contributed by atoms with Crippen LogP contribution in [0.5, 0.6) is 0 Å². The lowest BCUT2D eigenvalue weighted by atomic mass is 9.77. The summed E-state index contributed by atoms with van der Waals surface area (Å²) in [5.41, 5.74) is -1.25. The molecule has 0 aliphatic carbocycles. The molecule has 5 heterocycles. The topological polar surface area (TPSA) is 288 Å². The fourth-order valence-corrected chi connectivity index (χ4v) is 12.2. The zero-order chi connectivity index (χ0) is 58.4. The van der Waals surface area contributed by atoms with Crippen LogP contribution in [0.2, 0.25) is 0 Å². The van der Waals surface area contributed by atoms with E-state index in [0.29, 0.717) is 38.2 Å². The van der Waals surface area contributed by atoms with Crippen molar-refractivity contribution in [1.29, 1.82) is 0 Å². The Morgan fingerprint density at radius 1 is 0.899 bits per heavy atom. The van der Waals surface area contributed by atoms with Crippen LogP contribution in [0.3, 0.4) is 0 Å². The van der Waals surface area contributed by atoms with Crippen LogP contribution >= 0.6 is 0 Å². The number of aryl methyl sites for hydroxylation is 2. The van der Waals surface area contributed by atoms with Crippen LogP contribution in [-0.4, -0.2) is 211 Å². The molecule has 0 radical (unpaired) electrons. The normalized spacial score (nSPS) is 36.9. The van der Waals surface area contributed by atoms with Crippen molar-refractivity contribution in [3.8, 4) is 5.69 Å². The van der Waals surface area contributed by atoms with Crippen LogP contribution in [0.4, 0.5) is 0 Å². The molecule has 0 unspecified atom stereocenters. The number of aromatic nitrogens is 6. The van der Waals surface area contributed by atoms with Crippen molar-refractivity contribution in [3.05, 3.63) is 53.6 Å². The zero-order valence-corrected chi connectivity index (χ0v) is 49.8. The molecule has 3 fully saturated rings. The maximum Gasteiger partial charge on any atom is 0.311 e. The van der Waals surface area contributed by atoms with Crippen LogP contribution in [0.1, 0.15) is 125 Å². The van der Waals surface area contributed by atoms with Gasteiger partial charge in [-0.25, -0.2) is 17.8 Å². The van der Waals surface area contributed by atoms with Gasteiger partial charge in [0.05, 0.1) is 77.6 Å². The maximum atomic E-state index is 14.5. The van der Waals surface area contributed by atoms with E-state index in [-0.39, 0.29) is 37.8 Å². The summed E-state index contributed by atoms with van der Waals surface area (Å²) in [6.45, 7) is 19.3. The molecule has 0 amide bonds. The van der Waals surface area contributed by atoms with Crippen molar-refractivity contribution >= 4 is 16.0 Å². The lowest BCUT2D eigenvalue weighted by molar-refractivity contribution is -0.318. The zero-order valence-electron chi connectivity index (χ0n) is 49.0. The first-order valence-electron chi connectivity index (χ1n) is 28.1. The summed E-state index contributed by atoms with van der Waals surface area (Å²) < 4.78 is 67.1. The number of unbranched alkanes of at least 4 members (excludes halogenated alkanes) is 1. The molecule has 6 rings (SSSR count). The Morgan fingerprint density at radius 3 is 2.24 bits per heavy atom. The number of rotatable bonds is 19. The second kappa shape index (κ2) is 27.2. The Hall–Kier alpha value is -3.60. The molecular formula is C55H93N9O14S. The van der Waals surface area contributed by atoms with E-state index in [1.165, 1.54) is 19.6 Å². The minimum absolute atomic E-state index is 0.0657. The van der Waals surface area contributed by atoms with Gasteiger partial charge in [0, 0.05) is 63.8 Å². The number of nitrogens with one attached hydrogen (secondary N) is 1. The Labute approximate surface area is 467 Å². The molecular weight excluding hydrogens is 1040 g/mol. The first-order valence-corrected chi connectivity index (χ1v) is 30.0. The summed E-state index contributed by atoms with van der Waals surface area (Å²) in [7, 11) is 1.94. The summed E-state index contributed by atoms with van der Waals surface area (Å²) in [6, 6.07) is 7.00. The van der Waals surface area contributed by atoms with E-state index in [2.05, 4.69) is 30.2 Å². The van der Waals surface area contributed by atoms with Crippen LogP contribution in [0.15, 0.2) is 36.7 Å². The molecule has 0 bridgehead atoms. The quantitative estimate of drug-likeness (QED) is 0.0743. The highest BCUT2D eigenvalue weighted by Gasteiger charge is 2.53. The highest BCUT2D eigenvalue weighted by molar-refractivity contribution is 7.88. The van der Waals surface area contributed by atoms with Crippen molar-refractivity contribution in [3.63, 3.8) is 0 Å². The highest BCUT2D eigenvalue weighted by Crippen LogP contribution is 2.40. The number of ether oxygens (including phenoxy) is 6. The summed E-state index contributed by atoms with van der Waals surface area (Å²) >= 11 is 0. The molecule has 1 aromatic carbocycles. The Kier molecular flexibility index (Phi) is 22.2. The van der Waals surface area contributed by atoms with Crippen LogP contribution in [0, 0.1) is 17.8 Å². The monoisotopic (exact) mass is 1140 g/mol. The first-order chi connectivity index (χ1) is 37.0. The molecule has 24 heteroatoms. The highest BCUT2D eigenvalue weighted by atomic mass is 32.2. The number of carbonyl (C=O) groups is 1. The number of cyclic esters (lactones) is 1. The van der Waals surface area contributed by atoms with Gasteiger partial charge in [-0.2, -0.15) is 0 Å². The number of hydrogen-bond acceptors (Lipinski definition) is 20. The number of carbonyl (C=O) groups excluding carboxylic acids is 1. The number of likely N-dealkylation sites (N-methyl/N-ethyl adjacent to an activating group) is 2. The number of aliphatic hydroxyl groups is 5. The van der Waals surface area contributed by atoms with Gasteiger partial charge in [0.25, 0.3) is 0 Å². The average molecular weight is 1140 g/mol. The van der Waals surface area contributed by atoms with E-state index < -0.39 is 112 Å². The van der Waals surface area contributed by atoms with E-state index in [1.54, 1.807) is 52.4 Å². The van der Waals surface area contributed by atoms with E-state index in [1.807, 2.05) is 74.9 Å². The first kappa shape index (κ1) is 64.6. The largest absolute Gasteiger partial charge is 0.459 e. The molecule has 3 aliphatic rings. The Morgan fingerprint density at radius 2 is 1.58 bits per heavy atom. The van der Waals surface area contributed by atoms with Gasteiger partial charge in [0.15, 0.2) is 12.6 Å². The van der Waals surface area contributed by atoms with E-state index in [0.717, 1.165) is 36.9 Å². The van der Waals surface area contributed by atoms with Crippen molar-refractivity contribution in [1.82, 2.24) is 44.5 Å². The van der Waals surface area contributed by atoms with Crippen molar-refractivity contribution in [2.24, 2.45) is 17.8 Å². The van der Waals surface area contributed by atoms with Gasteiger partial charge in [-0.1, -0.05) is 43.3 Å². The van der Waals surface area contributed by atoms with E-state index in [4.69, 9.17) is 28.4 Å². The van der Waals surface area contributed by atoms with Gasteiger partial charge >= 0.3 is 5.97 Å². The second-order valence-electron chi connectivity index (χ2n) is 23.8. The van der Waals surface area contributed by atoms with Crippen LogP contribution in [0.25, 0.3) is 5.69 Å². The maximum absolute atomic E-state index is 14.5. The van der Waals surface area contributed by atoms with Crippen LogP contribution in [-0.2, 0) is 69.2 Å². The van der Waals surface area contributed by atoms with Gasteiger partial charge in [0.2, 0.25) is 10.0 Å². The van der Waals surface area contributed by atoms with Gasteiger partial charge < -0.3 is 63.8 Å². The molecule has 23 nitrogen and oxygen atoms in total. The molecule has 3 aliphatic heterocycles. The lowest BCUT2D eigenvalue weighted by Crippen LogP contribution is -2.61. The fraction of sp³-hybridized carbons (Fsp3) is 0.800. The predicted molar refractivity (Wildman–Crippen MR) is 293 cm³/mol. The van der Waals surface area contributed by atoms with Crippen molar-refractivity contribution in [2.75, 3.05) is 40.6 Å². The van der Waals surface area contributed by atoms with Gasteiger partial charge in [-0.3, -0.25) is 9.48 Å². The van der Waals surface area contributed by atoms with Gasteiger partial charge in [0.1, 0.15) is 30.0 Å². The molecule has 3 saturated heterocycles. The number of esters is 1. The van der Waals surface area contributed by atoms with Gasteiger partial charge in [-0.05, 0) is 125 Å². The van der Waals surface area contributed by atoms with Crippen molar-refractivity contribution < 1.29 is 67.2 Å². The number of benzene rings is 1. The number of hydrogen-bond donors (Lipinski definition) is 6. The average Bonchev–Trinajstić information content (AvgIpc) is 4.15. The number of aliphatic hydroxyl groups excluding tert-OH is 3. The van der Waals surface area contributed by atoms with Crippen LogP contribution < -0.4 is 4.72 Å². The third-order valence-corrected chi connectivity index (χ3v) is 17.4. The Bertz CT molecular complexity index is 2500. The van der Waals surface area contributed by atoms with E-state index >= 15 is 0 Å². The standard InChI is InChI=1S/C55H93N9O14S/c1-15-44-55(10,70)48(66)37(6)62(12)30-33(2)27-53(8,69)50(35(4)47(36(5)51(68)76-44)77-45-28-54(9,73-13)49(67)38(7)75-45)78-52-46(65)43(26-34(3)74-52)61(11)25-23-40-31-63(59-57-40)24-17-16-18-39-19-21-42(22-20-39)64-32-41(58-60-64)29-56-79(14,71)72/h19-22,31-38,43-50,52,56,65-67,69-70H,15-18,23-30H2,1-14H3/t33-,34-,35+,36-,37-,38+,43+,44-,45+,46-,47+,48-,49+,50-,52+,53-,54-,55-/m1/s1. The SMILES string of the molecule is CC[C@H]1OC(=O)[C@H](C)[C@@H](O[C@H]2C[C@@](C)(OC)[C@@H](O)[C@H](C)O2)[C@H](C)[C@@H](O[C@@H]2O[C@H](C)C[C@H](N(C)CCc3cn(CCCCc4ccc(-n5cc(CNS(C)(=O)=O)nn5)cc4)nn3)[C@H]2O)[C@](C)(O)C[C@@H](C)CN(C)[C@H](C)[C@@H](O)[C@]1(C)O. The molecule has 18 atom stereocenters. The predicted octanol–water partition coefficient (Wildman–Crippen LogP) is 2.76. The minimum Gasteiger partial charge on any atom is -0.459 e. The van der Waals surface area contributed by atoms with Crippen molar-refractivity contribution in [2.45, 2.75) is 224 Å². The molecule has 0 spiro atoms. The lowest BCUT2D eigenvalue weighted by Gasteiger charge is -2.49. The third-order valence-electron chi connectivity index (χ3n) is 16.8. The Balaban J connectivity index is 1.14.